The van der Waals surface area contributed by atoms with Gasteiger partial charge in [0.1, 0.15) is 18.7 Å². The predicted octanol–water partition coefficient (Wildman–Crippen LogP) is 6.88. The van der Waals surface area contributed by atoms with Crippen LogP contribution < -0.4 is 10.6 Å². The number of anilines is 1. The van der Waals surface area contributed by atoms with Crippen molar-refractivity contribution in [1.82, 2.24) is 20.1 Å². The van der Waals surface area contributed by atoms with Crippen molar-refractivity contribution in [3.63, 3.8) is 0 Å². The summed E-state index contributed by atoms with van der Waals surface area (Å²) in [6, 6.07) is 20.4. The van der Waals surface area contributed by atoms with Crippen LogP contribution in [0.5, 0.6) is 0 Å². The number of alkyl halides is 2. The monoisotopic (exact) mass is 825 g/mol. The van der Waals surface area contributed by atoms with Crippen molar-refractivity contribution >= 4 is 69.3 Å². The number of rotatable bonds is 10. The molecule has 0 bridgehead atoms. The lowest BCUT2D eigenvalue weighted by molar-refractivity contribution is -0.145. The van der Waals surface area contributed by atoms with Crippen molar-refractivity contribution in [2.45, 2.75) is 45.1 Å². The van der Waals surface area contributed by atoms with E-state index < -0.39 is 60.1 Å². The number of ether oxygens (including phenoxy) is 1. The molecule has 56 heavy (non-hydrogen) atoms. The number of benzene rings is 3. The highest BCUT2D eigenvalue weighted by atomic mass is 32.1. The van der Waals surface area contributed by atoms with Gasteiger partial charge in [-0.1, -0.05) is 98.8 Å². The van der Waals surface area contributed by atoms with E-state index >= 15 is 0 Å². The fourth-order valence-corrected chi connectivity index (χ4v) is 8.28. The molecule has 0 radical (unpaired) electrons. The molecule has 1 saturated heterocycles. The second-order valence-electron chi connectivity index (χ2n) is 14.1. The van der Waals surface area contributed by atoms with Gasteiger partial charge >= 0.3 is 19.4 Å². The van der Waals surface area contributed by atoms with Crippen LogP contribution in [0, 0.1) is 5.41 Å². The summed E-state index contributed by atoms with van der Waals surface area (Å²) in [7, 11) is -5.82. The molecule has 1 aliphatic heterocycles. The summed E-state index contributed by atoms with van der Waals surface area (Å²) < 4.78 is 46.3. The first kappa shape index (κ1) is 40.6. The Bertz CT molecular complexity index is 2290. The number of amides is 4. The minimum atomic E-state index is -5.82. The summed E-state index contributed by atoms with van der Waals surface area (Å²) >= 11 is 2.18. The molecular weight excluding hydrogens is 788 g/mol. The predicted molar refractivity (Wildman–Crippen MR) is 208 cm³/mol. The Morgan fingerprint density at radius 3 is 2.30 bits per heavy atom. The van der Waals surface area contributed by atoms with Crippen LogP contribution in [-0.4, -0.2) is 80.1 Å². The third kappa shape index (κ3) is 8.98. The third-order valence-corrected chi connectivity index (χ3v) is 12.1. The van der Waals surface area contributed by atoms with Crippen LogP contribution in [0.4, 0.5) is 18.7 Å². The van der Waals surface area contributed by atoms with Crippen molar-refractivity contribution in [3.05, 3.63) is 107 Å². The Morgan fingerprint density at radius 2 is 1.64 bits per heavy atom. The molecule has 294 valence electrons. The first-order valence-electron chi connectivity index (χ1n) is 17.3. The lowest BCUT2D eigenvalue weighted by Gasteiger charge is -2.43. The van der Waals surface area contributed by atoms with Gasteiger partial charge < -0.3 is 35.0 Å². The lowest BCUT2D eigenvalue weighted by atomic mass is 9.85. The third-order valence-electron chi connectivity index (χ3n) is 9.07. The topological polar surface area (TPSA) is 178 Å². The van der Waals surface area contributed by atoms with Gasteiger partial charge in [0.25, 0.3) is 11.8 Å². The number of thiazole rings is 1. The number of piperazine rings is 1. The van der Waals surface area contributed by atoms with Crippen molar-refractivity contribution in [2.75, 3.05) is 25.0 Å². The number of fused-ring (bicyclic) bond motifs is 1. The van der Waals surface area contributed by atoms with Crippen molar-refractivity contribution in [3.8, 4) is 10.4 Å². The van der Waals surface area contributed by atoms with E-state index in [4.69, 9.17) is 4.74 Å². The van der Waals surface area contributed by atoms with E-state index in [1.807, 2.05) is 48.5 Å². The Hall–Kier alpha value is -5.06. The number of thiophene rings is 1. The molecule has 2 atom stereocenters. The highest BCUT2D eigenvalue weighted by Gasteiger charge is 2.50. The number of carbonyl (C=O) groups is 4. The summed E-state index contributed by atoms with van der Waals surface area (Å²) in [6.45, 7) is 4.91. The van der Waals surface area contributed by atoms with Crippen LogP contribution in [0.2, 0.25) is 0 Å². The van der Waals surface area contributed by atoms with E-state index in [0.29, 0.717) is 4.70 Å². The molecule has 0 spiro atoms. The van der Waals surface area contributed by atoms with E-state index in [1.165, 1.54) is 33.3 Å². The molecule has 3 aromatic carbocycles. The van der Waals surface area contributed by atoms with Gasteiger partial charge in [-0.3, -0.25) is 18.9 Å². The van der Waals surface area contributed by atoms with Crippen molar-refractivity contribution < 1.29 is 47.0 Å². The maximum absolute atomic E-state index is 14.5. The summed E-state index contributed by atoms with van der Waals surface area (Å²) in [6.07, 6.45) is 0.946. The molecule has 3 heterocycles. The number of hydrogen-bond acceptors (Lipinski definition) is 9. The zero-order valence-electron chi connectivity index (χ0n) is 30.3. The zero-order valence-corrected chi connectivity index (χ0v) is 32.9. The van der Waals surface area contributed by atoms with Crippen LogP contribution in [0.3, 0.4) is 0 Å². The van der Waals surface area contributed by atoms with Crippen molar-refractivity contribution in [2.24, 2.45) is 5.41 Å². The number of halogens is 2. The Kier molecular flexibility index (Phi) is 11.7. The fourth-order valence-electron chi connectivity index (χ4n) is 6.03. The summed E-state index contributed by atoms with van der Waals surface area (Å²) in [5, 5.41) is 5.98. The van der Waals surface area contributed by atoms with E-state index in [1.54, 1.807) is 39.1 Å². The lowest BCUT2D eigenvalue weighted by Crippen LogP contribution is -2.65. The average molecular weight is 826 g/mol. The Balaban J connectivity index is 1.24. The molecule has 1 fully saturated rings. The SMILES string of the molecule is CC(C)(C)C(NC(=O)c1cc2cc(C(F)(F)P(=O)(O)O)ccc2s1)C(=O)N1CCN(C(=O)OCc2ccccc2)C[C@H]1C(=O)Nc1ncc(-c2ccccc2)s1. The quantitative estimate of drug-likeness (QED) is 0.109. The minimum absolute atomic E-state index is 0.000331. The van der Waals surface area contributed by atoms with Gasteiger partial charge in [0.05, 0.1) is 16.3 Å². The smallest absolute Gasteiger partial charge is 0.410 e. The zero-order chi connectivity index (χ0) is 40.4. The standard InChI is InChI=1S/C38H38F2N5O8PS2/c1-37(2,3)31(42-33(47)29-19-25-18-26(14-15-28(25)55-29)38(39,40)54(50,51)52)34(48)45-17-16-44(36(49)53-22-23-10-6-4-7-11-23)21-27(45)32(46)43-35-41-20-30(56-35)24-12-8-5-9-13-24/h4-15,18-20,27,31H,16-17,21-22H2,1-3H3,(H,42,47)(H,41,43,46)(H2,50,51,52)/t27-,31?/m0/s1. The average Bonchev–Trinajstić information content (AvgIpc) is 3.82. The van der Waals surface area contributed by atoms with Gasteiger partial charge in [-0.15, -0.1) is 11.3 Å². The molecule has 18 heteroatoms. The van der Waals surface area contributed by atoms with E-state index in [0.717, 1.165) is 39.5 Å². The minimum Gasteiger partial charge on any atom is -0.445 e. The van der Waals surface area contributed by atoms with Crippen LogP contribution in [0.1, 0.15) is 41.6 Å². The first-order valence-corrected chi connectivity index (χ1v) is 20.5. The summed E-state index contributed by atoms with van der Waals surface area (Å²) in [5.74, 6) is -1.92. The maximum atomic E-state index is 14.5. The molecule has 6 rings (SSSR count). The number of carbonyl (C=O) groups excluding carboxylic acids is 4. The van der Waals surface area contributed by atoms with Gasteiger partial charge in [-0.05, 0) is 40.1 Å². The van der Waals surface area contributed by atoms with E-state index in [2.05, 4.69) is 15.6 Å². The van der Waals surface area contributed by atoms with Crippen LogP contribution in [0.25, 0.3) is 20.5 Å². The fraction of sp³-hybridized carbons (Fsp3) is 0.289. The molecule has 13 nitrogen and oxygen atoms in total. The molecule has 0 aliphatic carbocycles. The van der Waals surface area contributed by atoms with Crippen LogP contribution >= 0.6 is 30.3 Å². The summed E-state index contributed by atoms with van der Waals surface area (Å²) in [5.41, 5.74) is -4.59. The molecule has 1 aliphatic rings. The normalized spacial score (nSPS) is 15.7. The van der Waals surface area contributed by atoms with Gasteiger partial charge in [0.2, 0.25) is 5.91 Å². The first-order chi connectivity index (χ1) is 26.4. The number of hydrogen-bond donors (Lipinski definition) is 4. The molecule has 4 N–H and O–H groups in total. The maximum Gasteiger partial charge on any atom is 0.410 e. The van der Waals surface area contributed by atoms with Gasteiger partial charge in [-0.25, -0.2) is 9.78 Å². The molecule has 4 amide bonds. The molecule has 1 unspecified atom stereocenters. The highest BCUT2D eigenvalue weighted by Crippen LogP contribution is 2.59. The van der Waals surface area contributed by atoms with Crippen molar-refractivity contribution in [1.29, 1.82) is 0 Å². The van der Waals surface area contributed by atoms with Crippen LogP contribution in [-0.2, 0) is 31.2 Å². The number of nitrogens with zero attached hydrogens (tertiary/aromatic N) is 3. The Morgan fingerprint density at radius 1 is 0.964 bits per heavy atom. The second kappa shape index (κ2) is 16.2. The number of nitrogens with one attached hydrogen (secondary N) is 2. The highest BCUT2D eigenvalue weighted by molar-refractivity contribution is 7.52. The Labute approximate surface area is 328 Å². The molecule has 0 saturated carbocycles. The van der Waals surface area contributed by atoms with Gasteiger partial charge in [-0.2, -0.15) is 8.78 Å². The van der Waals surface area contributed by atoms with Gasteiger partial charge in [0.15, 0.2) is 5.13 Å². The second-order valence-corrected chi connectivity index (χ2v) is 17.9. The largest absolute Gasteiger partial charge is 0.445 e. The van der Waals surface area contributed by atoms with Crippen LogP contribution in [0.15, 0.2) is 91.1 Å². The molecule has 5 aromatic rings. The summed E-state index contributed by atoms with van der Waals surface area (Å²) in [4.78, 5) is 81.8. The van der Waals surface area contributed by atoms with E-state index in [-0.39, 0.29) is 41.6 Å². The molecule has 2 aromatic heterocycles. The number of aromatic nitrogens is 1. The van der Waals surface area contributed by atoms with E-state index in [9.17, 15) is 42.3 Å². The van der Waals surface area contributed by atoms with Gasteiger partial charge in [0, 0.05) is 29.5 Å². The molecular formula is C38H38F2N5O8PS2.